The van der Waals surface area contributed by atoms with Gasteiger partial charge in [0.15, 0.2) is 0 Å². The van der Waals surface area contributed by atoms with Gasteiger partial charge in [0.1, 0.15) is 5.82 Å². The number of carbonyl (C=O) groups is 1. The second kappa shape index (κ2) is 4.07. The van der Waals surface area contributed by atoms with E-state index in [0.29, 0.717) is 5.57 Å². The van der Waals surface area contributed by atoms with Crippen LogP contribution < -0.4 is 11.2 Å². The van der Waals surface area contributed by atoms with Crippen LogP contribution in [0.15, 0.2) is 59.0 Å². The minimum Gasteiger partial charge on any atom is -0.366 e. The van der Waals surface area contributed by atoms with Gasteiger partial charge in [0.2, 0.25) is 0 Å². The van der Waals surface area contributed by atoms with Gasteiger partial charge >= 0.3 is 0 Å². The molecule has 0 bridgehead atoms. The van der Waals surface area contributed by atoms with E-state index < -0.39 is 5.91 Å². The van der Waals surface area contributed by atoms with Crippen molar-refractivity contribution in [3.8, 4) is 0 Å². The lowest BCUT2D eigenvalue weighted by Crippen LogP contribution is -2.41. The Labute approximate surface area is 111 Å². The number of fused-ring (bicyclic) bond motifs is 1. The van der Waals surface area contributed by atoms with Gasteiger partial charge in [-0.05, 0) is 18.6 Å². The quantitative estimate of drug-likeness (QED) is 0.827. The van der Waals surface area contributed by atoms with Gasteiger partial charge in [0.25, 0.3) is 5.91 Å². The van der Waals surface area contributed by atoms with Gasteiger partial charge in [-0.2, -0.15) is 0 Å². The van der Waals surface area contributed by atoms with Gasteiger partial charge < -0.3 is 5.73 Å². The normalized spacial score (nSPS) is 24.8. The zero-order valence-electron chi connectivity index (χ0n) is 10.5. The Morgan fingerprint density at radius 3 is 2.79 bits per heavy atom. The molecule has 0 fully saturated rings. The van der Waals surface area contributed by atoms with Crippen LogP contribution in [-0.4, -0.2) is 17.1 Å². The maximum absolute atomic E-state index is 11.2. The summed E-state index contributed by atoms with van der Waals surface area (Å²) in [6, 6.07) is 10.1. The van der Waals surface area contributed by atoms with Crippen molar-refractivity contribution in [3.05, 3.63) is 59.6 Å². The number of nitrogens with one attached hydrogen (secondary N) is 1. The van der Waals surface area contributed by atoms with Crippen molar-refractivity contribution in [2.24, 2.45) is 10.7 Å². The van der Waals surface area contributed by atoms with Gasteiger partial charge in [-0.15, -0.1) is 0 Å². The molecule has 2 aliphatic rings. The molecule has 0 aliphatic carbocycles. The van der Waals surface area contributed by atoms with Gasteiger partial charge in [-0.25, -0.2) is 10.4 Å². The van der Waals surface area contributed by atoms with Crippen LogP contribution in [0.25, 0.3) is 0 Å². The largest absolute Gasteiger partial charge is 0.366 e. The summed E-state index contributed by atoms with van der Waals surface area (Å²) in [4.78, 5) is 15.4. The first-order valence-electron chi connectivity index (χ1n) is 6.00. The lowest BCUT2D eigenvalue weighted by atomic mass is 9.93. The van der Waals surface area contributed by atoms with E-state index in [1.54, 1.807) is 11.2 Å². The summed E-state index contributed by atoms with van der Waals surface area (Å²) in [6.45, 7) is 2.06. The Morgan fingerprint density at radius 2 is 2.11 bits per heavy atom. The molecule has 1 amide bonds. The highest BCUT2D eigenvalue weighted by atomic mass is 16.1. The van der Waals surface area contributed by atoms with E-state index in [0.717, 1.165) is 11.4 Å². The molecule has 0 saturated heterocycles. The topological polar surface area (TPSA) is 70.7 Å². The van der Waals surface area contributed by atoms with Crippen LogP contribution in [0.2, 0.25) is 0 Å². The smallest absolute Gasteiger partial charge is 0.251 e. The minimum atomic E-state index is -0.488. The van der Waals surface area contributed by atoms with Gasteiger partial charge in [-0.3, -0.25) is 9.80 Å². The standard InChI is InChI=1S/C14H14N4O/c1-14(11-5-3-2-4-6-11)7-12-16-8-10(13(15)19)9-18(12)17-14/h2-9,17H,1H3,(H2,15,19). The summed E-state index contributed by atoms with van der Waals surface area (Å²) in [5.41, 5.74) is 9.72. The van der Waals surface area contributed by atoms with Crippen LogP contribution in [0.5, 0.6) is 0 Å². The fourth-order valence-electron chi connectivity index (χ4n) is 2.23. The third-order valence-corrected chi connectivity index (χ3v) is 3.28. The van der Waals surface area contributed by atoms with Crippen molar-refractivity contribution < 1.29 is 4.79 Å². The maximum Gasteiger partial charge on any atom is 0.251 e. The SMILES string of the molecule is CC1(c2ccccc2)C=C2N=CC(C(N)=O)=CN2N1. The third-order valence-electron chi connectivity index (χ3n) is 3.28. The molecule has 19 heavy (non-hydrogen) atoms. The number of amides is 1. The molecule has 5 heteroatoms. The molecule has 0 radical (unpaired) electrons. The molecule has 96 valence electrons. The van der Waals surface area contributed by atoms with Crippen LogP contribution in [0.3, 0.4) is 0 Å². The molecule has 3 N–H and O–H groups in total. The van der Waals surface area contributed by atoms with E-state index in [9.17, 15) is 4.79 Å². The fraction of sp³-hybridized carbons (Fsp3) is 0.143. The monoisotopic (exact) mass is 254 g/mol. The van der Waals surface area contributed by atoms with Crippen LogP contribution in [0, 0.1) is 0 Å². The number of benzene rings is 1. The van der Waals surface area contributed by atoms with Crippen LogP contribution in [0.4, 0.5) is 0 Å². The number of nitrogens with zero attached hydrogens (tertiary/aromatic N) is 2. The number of aliphatic imine (C=N–C) groups is 1. The summed E-state index contributed by atoms with van der Waals surface area (Å²) in [7, 11) is 0. The van der Waals surface area contributed by atoms with E-state index in [-0.39, 0.29) is 5.54 Å². The number of nitrogens with two attached hydrogens (primary N) is 1. The minimum absolute atomic E-state index is 0.350. The second-order valence-corrected chi connectivity index (χ2v) is 4.76. The van der Waals surface area contributed by atoms with Crippen LogP contribution in [-0.2, 0) is 10.3 Å². The van der Waals surface area contributed by atoms with Crippen LogP contribution in [0.1, 0.15) is 12.5 Å². The lowest BCUT2D eigenvalue weighted by molar-refractivity contribution is -0.114. The summed E-state index contributed by atoms with van der Waals surface area (Å²) in [5.74, 6) is 0.272. The second-order valence-electron chi connectivity index (χ2n) is 4.76. The maximum atomic E-state index is 11.2. The molecule has 2 heterocycles. The molecule has 1 aromatic carbocycles. The van der Waals surface area contributed by atoms with Gasteiger partial charge in [0.05, 0.1) is 11.1 Å². The highest BCUT2D eigenvalue weighted by molar-refractivity contribution is 6.11. The van der Waals surface area contributed by atoms with Crippen molar-refractivity contribution in [1.29, 1.82) is 0 Å². The Balaban J connectivity index is 1.95. The van der Waals surface area contributed by atoms with Gasteiger partial charge in [0, 0.05) is 12.4 Å². The number of hydrogen-bond acceptors (Lipinski definition) is 4. The summed E-state index contributed by atoms with van der Waals surface area (Å²) < 4.78 is 0. The zero-order valence-corrected chi connectivity index (χ0v) is 10.5. The van der Waals surface area contributed by atoms with Crippen molar-refractivity contribution in [2.45, 2.75) is 12.5 Å². The molecule has 5 nitrogen and oxygen atoms in total. The predicted octanol–water partition coefficient (Wildman–Crippen LogP) is 1.02. The molecular weight excluding hydrogens is 240 g/mol. The van der Waals surface area contributed by atoms with Crippen molar-refractivity contribution in [3.63, 3.8) is 0 Å². The number of hydrogen-bond donors (Lipinski definition) is 2. The summed E-state index contributed by atoms with van der Waals surface area (Å²) in [5, 5.41) is 1.73. The van der Waals surface area contributed by atoms with E-state index in [1.807, 2.05) is 36.4 Å². The van der Waals surface area contributed by atoms with Crippen molar-refractivity contribution in [2.75, 3.05) is 0 Å². The number of hydrazine groups is 1. The lowest BCUT2D eigenvalue weighted by Gasteiger charge is -2.27. The summed E-state index contributed by atoms with van der Waals surface area (Å²) in [6.07, 6.45) is 5.17. The molecular formula is C14H14N4O. The average Bonchev–Trinajstić information content (AvgIpc) is 2.76. The van der Waals surface area contributed by atoms with E-state index in [2.05, 4.69) is 17.3 Å². The number of rotatable bonds is 2. The Morgan fingerprint density at radius 1 is 1.37 bits per heavy atom. The first-order chi connectivity index (χ1) is 9.08. The van der Waals surface area contributed by atoms with Gasteiger partial charge in [-0.1, -0.05) is 30.3 Å². The zero-order chi connectivity index (χ0) is 13.5. The first kappa shape index (κ1) is 11.7. The van der Waals surface area contributed by atoms with Crippen LogP contribution >= 0.6 is 0 Å². The van der Waals surface area contributed by atoms with E-state index in [1.165, 1.54) is 6.21 Å². The van der Waals surface area contributed by atoms with Crippen molar-refractivity contribution >= 4 is 12.1 Å². The molecule has 0 spiro atoms. The fourth-order valence-corrected chi connectivity index (χ4v) is 2.23. The van der Waals surface area contributed by atoms with E-state index >= 15 is 0 Å². The molecule has 2 aliphatic heterocycles. The van der Waals surface area contributed by atoms with E-state index in [4.69, 9.17) is 5.73 Å². The molecule has 0 saturated carbocycles. The first-order valence-corrected chi connectivity index (χ1v) is 6.00. The number of carbonyl (C=O) groups excluding carboxylic acids is 1. The summed E-state index contributed by atoms with van der Waals surface area (Å²) >= 11 is 0. The molecule has 1 unspecified atom stereocenters. The molecule has 3 rings (SSSR count). The number of primary amides is 1. The Kier molecular flexibility index (Phi) is 2.50. The average molecular weight is 254 g/mol. The highest BCUT2D eigenvalue weighted by Gasteiger charge is 2.35. The molecule has 0 aromatic heterocycles. The van der Waals surface area contributed by atoms with Crippen molar-refractivity contribution in [1.82, 2.24) is 10.4 Å². The molecule has 1 aromatic rings. The Bertz CT molecular complexity index is 618. The highest BCUT2D eigenvalue weighted by Crippen LogP contribution is 2.32. The molecule has 1 atom stereocenters. The third kappa shape index (κ3) is 1.94. The Hall–Kier alpha value is -2.40. The predicted molar refractivity (Wildman–Crippen MR) is 72.6 cm³/mol.